The summed E-state index contributed by atoms with van der Waals surface area (Å²) in [4.78, 5) is 8.39. The molecule has 0 spiro atoms. The Balaban J connectivity index is 2.88. The lowest BCUT2D eigenvalue weighted by atomic mass is 10.4. The van der Waals surface area contributed by atoms with Crippen molar-refractivity contribution >= 4 is 42.9 Å². The molecule has 68 valence electrons. The molecule has 0 atom stereocenters. The number of nitrogens with zero attached hydrogens (tertiary/aromatic N) is 3. The topological polar surface area (TPSA) is 30.7 Å². The maximum absolute atomic E-state index is 4.33. The molecular weight excluding hydrogens is 298 g/mol. The first-order valence-corrected chi connectivity index (χ1v) is 5.48. The van der Waals surface area contributed by atoms with Crippen molar-refractivity contribution in [2.24, 2.45) is 0 Å². The van der Waals surface area contributed by atoms with E-state index in [0.29, 0.717) is 0 Å². The van der Waals surface area contributed by atoms with Crippen LogP contribution < -0.4 is 0 Å². The van der Waals surface area contributed by atoms with Crippen LogP contribution in [0.25, 0.3) is 11.0 Å². The van der Waals surface area contributed by atoms with Crippen molar-refractivity contribution in [1.82, 2.24) is 14.5 Å². The maximum Gasteiger partial charge on any atom is 0.178 e. The van der Waals surface area contributed by atoms with Crippen molar-refractivity contribution in [3.63, 3.8) is 0 Å². The molecule has 0 radical (unpaired) electrons. The van der Waals surface area contributed by atoms with E-state index in [2.05, 4.69) is 53.3 Å². The van der Waals surface area contributed by atoms with Gasteiger partial charge in [-0.05, 0) is 38.8 Å². The van der Waals surface area contributed by atoms with Crippen molar-refractivity contribution in [2.45, 2.75) is 13.5 Å². The molecule has 5 heteroatoms. The Bertz CT molecular complexity index is 450. The molecule has 13 heavy (non-hydrogen) atoms. The van der Waals surface area contributed by atoms with Gasteiger partial charge in [0.2, 0.25) is 0 Å². The van der Waals surface area contributed by atoms with Crippen LogP contribution in [0.2, 0.25) is 0 Å². The van der Waals surface area contributed by atoms with Gasteiger partial charge < -0.3 is 4.57 Å². The van der Waals surface area contributed by atoms with Gasteiger partial charge in [0.15, 0.2) is 4.73 Å². The van der Waals surface area contributed by atoms with Gasteiger partial charge in [-0.3, -0.25) is 4.98 Å². The first-order valence-electron chi connectivity index (χ1n) is 3.89. The number of aryl methyl sites for hydroxylation is 1. The third-order valence-corrected chi connectivity index (χ3v) is 3.06. The zero-order chi connectivity index (χ0) is 9.42. The summed E-state index contributed by atoms with van der Waals surface area (Å²) in [5.74, 6) is 0. The van der Waals surface area contributed by atoms with Gasteiger partial charge in [0.25, 0.3) is 0 Å². The van der Waals surface area contributed by atoms with Gasteiger partial charge in [-0.15, -0.1) is 0 Å². The Morgan fingerprint density at radius 3 is 2.85 bits per heavy atom. The normalized spacial score (nSPS) is 11.0. The van der Waals surface area contributed by atoms with E-state index in [1.165, 1.54) is 0 Å². The Kier molecular flexibility index (Phi) is 2.38. The van der Waals surface area contributed by atoms with Gasteiger partial charge in [-0.25, -0.2) is 4.98 Å². The van der Waals surface area contributed by atoms with Crippen molar-refractivity contribution in [3.05, 3.63) is 21.6 Å². The standard InChI is InChI=1S/C8H7Br2N3/c1-2-13-7-5(9)3-11-4-6(7)12-8(13)10/h3-4H,2H2,1H3. The molecule has 0 unspecified atom stereocenters. The summed E-state index contributed by atoms with van der Waals surface area (Å²) in [6, 6.07) is 0. The fourth-order valence-electron chi connectivity index (χ4n) is 1.31. The monoisotopic (exact) mass is 303 g/mol. The molecule has 0 saturated heterocycles. The largest absolute Gasteiger partial charge is 0.318 e. The van der Waals surface area contributed by atoms with Crippen LogP contribution in [0, 0.1) is 0 Å². The summed E-state index contributed by atoms with van der Waals surface area (Å²) >= 11 is 6.86. The minimum absolute atomic E-state index is 0.846. The van der Waals surface area contributed by atoms with E-state index >= 15 is 0 Å². The van der Waals surface area contributed by atoms with Crippen molar-refractivity contribution in [3.8, 4) is 0 Å². The van der Waals surface area contributed by atoms with Crippen LogP contribution in [0.4, 0.5) is 0 Å². The summed E-state index contributed by atoms with van der Waals surface area (Å²) in [6.07, 6.45) is 3.54. The number of hydrogen-bond donors (Lipinski definition) is 0. The van der Waals surface area contributed by atoms with Gasteiger partial charge in [0, 0.05) is 12.7 Å². The number of aromatic nitrogens is 3. The smallest absolute Gasteiger partial charge is 0.178 e. The van der Waals surface area contributed by atoms with Crippen LogP contribution >= 0.6 is 31.9 Å². The first-order chi connectivity index (χ1) is 6.24. The second kappa shape index (κ2) is 3.38. The number of rotatable bonds is 1. The Morgan fingerprint density at radius 2 is 2.15 bits per heavy atom. The molecule has 2 rings (SSSR count). The van der Waals surface area contributed by atoms with Crippen molar-refractivity contribution in [1.29, 1.82) is 0 Å². The van der Waals surface area contributed by atoms with E-state index < -0.39 is 0 Å². The van der Waals surface area contributed by atoms with E-state index in [0.717, 1.165) is 26.8 Å². The van der Waals surface area contributed by atoms with Crippen molar-refractivity contribution in [2.75, 3.05) is 0 Å². The number of fused-ring (bicyclic) bond motifs is 1. The van der Waals surface area contributed by atoms with E-state index in [-0.39, 0.29) is 0 Å². The summed E-state index contributed by atoms with van der Waals surface area (Å²) < 4.78 is 3.91. The van der Waals surface area contributed by atoms with Crippen LogP contribution in [-0.2, 0) is 6.54 Å². The van der Waals surface area contributed by atoms with Gasteiger partial charge in [0.05, 0.1) is 16.2 Å². The zero-order valence-electron chi connectivity index (χ0n) is 6.96. The van der Waals surface area contributed by atoms with Gasteiger partial charge >= 0.3 is 0 Å². The molecule has 0 aliphatic rings. The van der Waals surface area contributed by atoms with E-state index in [1.807, 2.05) is 0 Å². The minimum Gasteiger partial charge on any atom is -0.318 e. The third kappa shape index (κ3) is 1.40. The summed E-state index contributed by atoms with van der Waals surface area (Å²) in [5, 5.41) is 0. The van der Waals surface area contributed by atoms with E-state index in [9.17, 15) is 0 Å². The molecule has 0 bridgehead atoms. The fraction of sp³-hybridized carbons (Fsp3) is 0.250. The Morgan fingerprint density at radius 1 is 1.38 bits per heavy atom. The lowest BCUT2D eigenvalue weighted by Gasteiger charge is -2.01. The molecule has 2 aromatic rings. The third-order valence-electron chi connectivity index (χ3n) is 1.88. The fourth-order valence-corrected chi connectivity index (χ4v) is 2.46. The highest BCUT2D eigenvalue weighted by Gasteiger charge is 2.09. The summed E-state index contributed by atoms with van der Waals surface area (Å²) in [5.41, 5.74) is 1.99. The number of imidazole rings is 1. The zero-order valence-corrected chi connectivity index (χ0v) is 10.1. The van der Waals surface area contributed by atoms with Crippen LogP contribution in [0.3, 0.4) is 0 Å². The lowest BCUT2D eigenvalue weighted by molar-refractivity contribution is 0.764. The van der Waals surface area contributed by atoms with Gasteiger partial charge in [-0.1, -0.05) is 0 Å². The van der Waals surface area contributed by atoms with Crippen LogP contribution in [0.1, 0.15) is 6.92 Å². The molecule has 0 aliphatic heterocycles. The predicted molar refractivity (Wildman–Crippen MR) is 58.6 cm³/mol. The van der Waals surface area contributed by atoms with Crippen LogP contribution in [0.15, 0.2) is 21.6 Å². The van der Waals surface area contributed by atoms with E-state index in [4.69, 9.17) is 0 Å². The summed E-state index contributed by atoms with van der Waals surface area (Å²) in [7, 11) is 0. The average Bonchev–Trinajstić information content (AvgIpc) is 2.42. The van der Waals surface area contributed by atoms with Crippen molar-refractivity contribution < 1.29 is 0 Å². The Labute approximate surface area is 92.4 Å². The molecule has 0 N–H and O–H groups in total. The number of pyridine rings is 1. The molecule has 3 nitrogen and oxygen atoms in total. The molecular formula is C8H7Br2N3. The minimum atomic E-state index is 0.846. The average molecular weight is 305 g/mol. The maximum atomic E-state index is 4.33. The SMILES string of the molecule is CCn1c(Br)nc2cncc(Br)c21. The summed E-state index contributed by atoms with van der Waals surface area (Å²) in [6.45, 7) is 2.97. The van der Waals surface area contributed by atoms with Crippen LogP contribution in [-0.4, -0.2) is 14.5 Å². The molecule has 0 fully saturated rings. The van der Waals surface area contributed by atoms with E-state index in [1.54, 1.807) is 12.4 Å². The Hall–Kier alpha value is -0.420. The van der Waals surface area contributed by atoms with Gasteiger partial charge in [0.1, 0.15) is 5.52 Å². The second-order valence-corrected chi connectivity index (χ2v) is 4.18. The molecule has 0 amide bonds. The quantitative estimate of drug-likeness (QED) is 0.811. The highest BCUT2D eigenvalue weighted by atomic mass is 79.9. The molecule has 0 saturated carbocycles. The second-order valence-electron chi connectivity index (χ2n) is 2.61. The highest BCUT2D eigenvalue weighted by molar-refractivity contribution is 9.11. The highest BCUT2D eigenvalue weighted by Crippen LogP contribution is 2.25. The number of hydrogen-bond acceptors (Lipinski definition) is 2. The lowest BCUT2D eigenvalue weighted by Crippen LogP contribution is -1.94. The molecule has 0 aromatic carbocycles. The van der Waals surface area contributed by atoms with Gasteiger partial charge in [-0.2, -0.15) is 0 Å². The number of halogens is 2. The first kappa shape index (κ1) is 9.15. The molecule has 2 aromatic heterocycles. The molecule has 0 aliphatic carbocycles. The van der Waals surface area contributed by atoms with Crippen LogP contribution in [0.5, 0.6) is 0 Å². The predicted octanol–water partition coefficient (Wildman–Crippen LogP) is 2.98. The molecule has 2 heterocycles.